The highest BCUT2D eigenvalue weighted by molar-refractivity contribution is 5.89. The largest absolute Gasteiger partial charge is 0.478 e. The maximum Gasteiger partial charge on any atom is 0.335 e. The second kappa shape index (κ2) is 7.60. The number of aliphatic hydroxyl groups is 1. The zero-order valence-electron chi connectivity index (χ0n) is 13.0. The van der Waals surface area contributed by atoms with E-state index < -0.39 is 5.97 Å². The van der Waals surface area contributed by atoms with Crippen LogP contribution in [0.3, 0.4) is 0 Å². The van der Waals surface area contributed by atoms with Crippen LogP contribution in [0.1, 0.15) is 38.2 Å². The van der Waals surface area contributed by atoms with Crippen LogP contribution in [-0.4, -0.2) is 16.2 Å². The molecule has 2 aromatic carbocycles. The van der Waals surface area contributed by atoms with Crippen molar-refractivity contribution in [3.8, 4) is 0 Å². The summed E-state index contributed by atoms with van der Waals surface area (Å²) in [6.45, 7) is 7.85. The van der Waals surface area contributed by atoms with Crippen molar-refractivity contribution in [2.24, 2.45) is 0 Å². The number of carboxylic acids is 1. The Bertz CT molecular complexity index is 630. The fraction of sp³-hybridized carbons (Fsp3) is 0.278. The molecule has 0 saturated carbocycles. The van der Waals surface area contributed by atoms with Gasteiger partial charge in [-0.2, -0.15) is 0 Å². The Morgan fingerprint density at radius 2 is 1.43 bits per heavy atom. The third-order valence-electron chi connectivity index (χ3n) is 3.30. The lowest BCUT2D eigenvalue weighted by atomic mass is 10.1. The predicted octanol–water partition coefficient (Wildman–Crippen LogP) is 3.80. The first-order valence-corrected chi connectivity index (χ1v) is 6.82. The van der Waals surface area contributed by atoms with Crippen molar-refractivity contribution in [1.29, 1.82) is 0 Å². The second-order valence-electron chi connectivity index (χ2n) is 5.21. The van der Waals surface area contributed by atoms with E-state index >= 15 is 0 Å². The van der Waals surface area contributed by atoms with Crippen molar-refractivity contribution in [2.75, 3.05) is 0 Å². The minimum atomic E-state index is -0.855. The van der Waals surface area contributed by atoms with E-state index in [0.29, 0.717) is 5.56 Å². The molecular formula is C18H22O3. The maximum atomic E-state index is 10.6. The number of aromatic carboxylic acids is 1. The molecule has 0 aliphatic carbocycles. The van der Waals surface area contributed by atoms with Crippen LogP contribution < -0.4 is 0 Å². The lowest BCUT2D eigenvalue weighted by Gasteiger charge is -2.01. The molecule has 0 atom stereocenters. The second-order valence-corrected chi connectivity index (χ2v) is 5.21. The van der Waals surface area contributed by atoms with Gasteiger partial charge in [0.15, 0.2) is 0 Å². The standard InChI is InChI=1S/C9H10O2.C9H12O/c1-6-3-4-7(2)8(5-6)9(10)11;1-7-3-4-8(2)9(5-7)6-10/h3-5H,1-2H3,(H,10,11);3-5,10H,6H2,1-2H3. The topological polar surface area (TPSA) is 57.5 Å². The molecule has 0 heterocycles. The van der Waals surface area contributed by atoms with Gasteiger partial charge < -0.3 is 10.2 Å². The van der Waals surface area contributed by atoms with Crippen LogP contribution in [0, 0.1) is 27.7 Å². The highest BCUT2D eigenvalue weighted by atomic mass is 16.4. The van der Waals surface area contributed by atoms with Gasteiger partial charge in [0, 0.05) is 0 Å². The van der Waals surface area contributed by atoms with Crippen LogP contribution >= 0.6 is 0 Å². The maximum absolute atomic E-state index is 10.6. The van der Waals surface area contributed by atoms with Gasteiger partial charge in [-0.15, -0.1) is 0 Å². The zero-order valence-corrected chi connectivity index (χ0v) is 13.0. The summed E-state index contributed by atoms with van der Waals surface area (Å²) < 4.78 is 0. The van der Waals surface area contributed by atoms with Crippen LogP contribution in [0.2, 0.25) is 0 Å². The molecule has 2 N–H and O–H groups in total. The fourth-order valence-electron chi connectivity index (χ4n) is 1.94. The molecule has 0 saturated heterocycles. The van der Waals surface area contributed by atoms with E-state index in [1.807, 2.05) is 45.0 Å². The number of aryl methyl sites for hydroxylation is 4. The molecule has 0 radical (unpaired) electrons. The molecule has 0 aliphatic heterocycles. The highest BCUT2D eigenvalue weighted by Crippen LogP contribution is 2.10. The first kappa shape index (κ1) is 16.9. The molecule has 0 fully saturated rings. The molecule has 2 aromatic rings. The Morgan fingerprint density at radius 3 is 1.86 bits per heavy atom. The van der Waals surface area contributed by atoms with Crippen molar-refractivity contribution in [1.82, 2.24) is 0 Å². The first-order chi connectivity index (χ1) is 9.85. The molecule has 0 amide bonds. The number of hydrogen-bond acceptors (Lipinski definition) is 2. The minimum Gasteiger partial charge on any atom is -0.478 e. The van der Waals surface area contributed by atoms with Gasteiger partial charge in [-0.25, -0.2) is 4.79 Å². The Morgan fingerprint density at radius 1 is 0.905 bits per heavy atom. The predicted molar refractivity (Wildman–Crippen MR) is 84.7 cm³/mol. The monoisotopic (exact) mass is 286 g/mol. The lowest BCUT2D eigenvalue weighted by molar-refractivity contribution is 0.0696. The van der Waals surface area contributed by atoms with Gasteiger partial charge in [-0.1, -0.05) is 41.5 Å². The van der Waals surface area contributed by atoms with Crippen molar-refractivity contribution >= 4 is 5.97 Å². The summed E-state index contributed by atoms with van der Waals surface area (Å²) in [5, 5.41) is 17.5. The molecule has 3 nitrogen and oxygen atoms in total. The summed E-state index contributed by atoms with van der Waals surface area (Å²) in [6, 6.07) is 11.5. The molecule has 0 aliphatic rings. The quantitative estimate of drug-likeness (QED) is 0.883. The number of carboxylic acid groups (broad SMARTS) is 1. The molecule has 0 aromatic heterocycles. The number of rotatable bonds is 2. The molecule has 0 bridgehead atoms. The van der Waals surface area contributed by atoms with Crippen LogP contribution in [0.15, 0.2) is 36.4 Å². The number of hydrogen-bond donors (Lipinski definition) is 2. The molecule has 0 unspecified atom stereocenters. The Hall–Kier alpha value is -2.13. The van der Waals surface area contributed by atoms with E-state index in [1.165, 1.54) is 5.56 Å². The number of benzene rings is 2. The number of carbonyl (C=O) groups is 1. The van der Waals surface area contributed by atoms with E-state index in [0.717, 1.165) is 22.3 Å². The molecular weight excluding hydrogens is 264 g/mol. The van der Waals surface area contributed by atoms with E-state index in [2.05, 4.69) is 6.07 Å². The van der Waals surface area contributed by atoms with Crippen LogP contribution in [0.5, 0.6) is 0 Å². The van der Waals surface area contributed by atoms with Crippen molar-refractivity contribution in [3.63, 3.8) is 0 Å². The van der Waals surface area contributed by atoms with Gasteiger partial charge in [0.1, 0.15) is 0 Å². The summed E-state index contributed by atoms with van der Waals surface area (Å²) in [4.78, 5) is 10.6. The Labute approximate surface area is 125 Å². The summed E-state index contributed by atoms with van der Waals surface area (Å²) in [5.41, 5.74) is 5.57. The molecule has 3 heteroatoms. The lowest BCUT2D eigenvalue weighted by Crippen LogP contribution is -1.99. The van der Waals surface area contributed by atoms with Gasteiger partial charge in [-0.05, 0) is 50.5 Å². The molecule has 112 valence electrons. The third kappa shape index (κ3) is 5.04. The summed E-state index contributed by atoms with van der Waals surface area (Å²) in [5.74, 6) is -0.855. The fourth-order valence-corrected chi connectivity index (χ4v) is 1.94. The van der Waals surface area contributed by atoms with E-state index in [4.69, 9.17) is 10.2 Å². The van der Waals surface area contributed by atoms with Crippen LogP contribution in [-0.2, 0) is 6.61 Å². The summed E-state index contributed by atoms with van der Waals surface area (Å²) in [7, 11) is 0. The van der Waals surface area contributed by atoms with Gasteiger partial charge in [0.05, 0.1) is 12.2 Å². The first-order valence-electron chi connectivity index (χ1n) is 6.82. The number of aliphatic hydroxyl groups excluding tert-OH is 1. The summed E-state index contributed by atoms with van der Waals surface area (Å²) >= 11 is 0. The van der Waals surface area contributed by atoms with E-state index in [9.17, 15) is 4.79 Å². The summed E-state index contributed by atoms with van der Waals surface area (Å²) in [6.07, 6.45) is 0. The molecule has 0 spiro atoms. The molecule has 2 rings (SSSR count). The third-order valence-corrected chi connectivity index (χ3v) is 3.30. The SMILES string of the molecule is Cc1ccc(C)c(C(=O)O)c1.Cc1ccc(C)c(CO)c1. The van der Waals surface area contributed by atoms with Crippen molar-refractivity contribution < 1.29 is 15.0 Å². The molecule has 21 heavy (non-hydrogen) atoms. The normalized spacial score (nSPS) is 9.76. The van der Waals surface area contributed by atoms with Gasteiger partial charge in [0.2, 0.25) is 0 Å². The van der Waals surface area contributed by atoms with Gasteiger partial charge >= 0.3 is 5.97 Å². The van der Waals surface area contributed by atoms with Crippen LogP contribution in [0.25, 0.3) is 0 Å². The average molecular weight is 286 g/mol. The smallest absolute Gasteiger partial charge is 0.335 e. The minimum absolute atomic E-state index is 0.146. The van der Waals surface area contributed by atoms with Crippen molar-refractivity contribution in [2.45, 2.75) is 34.3 Å². The van der Waals surface area contributed by atoms with E-state index in [1.54, 1.807) is 13.0 Å². The highest BCUT2D eigenvalue weighted by Gasteiger charge is 2.05. The van der Waals surface area contributed by atoms with Crippen molar-refractivity contribution in [3.05, 3.63) is 69.8 Å². The van der Waals surface area contributed by atoms with Gasteiger partial charge in [-0.3, -0.25) is 0 Å². The zero-order chi connectivity index (χ0) is 16.0. The van der Waals surface area contributed by atoms with Crippen LogP contribution in [0.4, 0.5) is 0 Å². The van der Waals surface area contributed by atoms with Gasteiger partial charge in [0.25, 0.3) is 0 Å². The average Bonchev–Trinajstić information content (AvgIpc) is 2.44. The Kier molecular flexibility index (Phi) is 6.12. The Balaban J connectivity index is 0.000000211. The van der Waals surface area contributed by atoms with E-state index in [-0.39, 0.29) is 6.61 Å².